The van der Waals surface area contributed by atoms with Crippen molar-refractivity contribution in [1.82, 2.24) is 15.1 Å². The predicted octanol–water partition coefficient (Wildman–Crippen LogP) is 1.97. The smallest absolute Gasteiger partial charge is 0.272 e. The fourth-order valence-electron chi connectivity index (χ4n) is 3.32. The number of hydrogen-bond acceptors (Lipinski definition) is 2. The van der Waals surface area contributed by atoms with Gasteiger partial charge in [-0.2, -0.15) is 5.10 Å². The van der Waals surface area contributed by atoms with Gasteiger partial charge < -0.3 is 5.32 Å². The first-order valence-electron chi connectivity index (χ1n) is 7.03. The number of aryl methyl sites for hydroxylation is 1. The van der Waals surface area contributed by atoms with Crippen LogP contribution >= 0.6 is 0 Å². The molecule has 0 radical (unpaired) electrons. The Kier molecular flexibility index (Phi) is 1.98. The molecule has 3 aliphatic rings. The summed E-state index contributed by atoms with van der Waals surface area (Å²) in [4.78, 5) is 12.1. The highest BCUT2D eigenvalue weighted by Crippen LogP contribution is 2.60. The predicted molar refractivity (Wildman–Crippen MR) is 67.3 cm³/mol. The van der Waals surface area contributed by atoms with Gasteiger partial charge in [0.25, 0.3) is 5.91 Å². The van der Waals surface area contributed by atoms with Crippen LogP contribution in [0.15, 0.2) is 6.07 Å². The zero-order valence-corrected chi connectivity index (χ0v) is 10.8. The molecule has 1 aromatic rings. The second kappa shape index (κ2) is 3.37. The summed E-state index contributed by atoms with van der Waals surface area (Å²) in [5.41, 5.74) is 2.30. The number of hydrogen-bond donors (Lipinski definition) is 1. The van der Waals surface area contributed by atoms with Crippen LogP contribution in [0.5, 0.6) is 0 Å². The molecule has 0 aliphatic heterocycles. The zero-order valence-electron chi connectivity index (χ0n) is 10.8. The second-order valence-electron chi connectivity index (χ2n) is 6.30. The Labute approximate surface area is 107 Å². The van der Waals surface area contributed by atoms with E-state index in [2.05, 4.69) is 10.4 Å². The lowest BCUT2D eigenvalue weighted by molar-refractivity contribution is 0.0932. The van der Waals surface area contributed by atoms with E-state index >= 15 is 0 Å². The number of amides is 1. The number of carbonyl (C=O) groups is 1. The van der Waals surface area contributed by atoms with Crippen LogP contribution in [0.25, 0.3) is 0 Å². The van der Waals surface area contributed by atoms with E-state index in [4.69, 9.17) is 0 Å². The third kappa shape index (κ3) is 1.51. The molecule has 1 N–H and O–H groups in total. The normalized spacial score (nSPS) is 27.9. The molecule has 1 atom stereocenters. The van der Waals surface area contributed by atoms with Crippen molar-refractivity contribution < 1.29 is 4.79 Å². The van der Waals surface area contributed by atoms with Crippen molar-refractivity contribution in [3.05, 3.63) is 17.5 Å². The molecular weight excluding hydrogens is 226 g/mol. The van der Waals surface area contributed by atoms with E-state index in [0.29, 0.717) is 23.1 Å². The fraction of sp³-hybridized carbons (Fsp3) is 0.714. The van der Waals surface area contributed by atoms with Crippen LogP contribution in [0.4, 0.5) is 0 Å². The van der Waals surface area contributed by atoms with Crippen molar-refractivity contribution in [2.45, 2.75) is 50.5 Å². The molecule has 1 aromatic heterocycles. The van der Waals surface area contributed by atoms with E-state index in [1.165, 1.54) is 44.2 Å². The molecule has 18 heavy (non-hydrogen) atoms. The first-order valence-corrected chi connectivity index (χ1v) is 7.03. The Balaban J connectivity index is 1.46. The summed E-state index contributed by atoms with van der Waals surface area (Å²) in [6.45, 7) is 0. The highest BCUT2D eigenvalue weighted by molar-refractivity contribution is 5.93. The molecule has 3 fully saturated rings. The summed E-state index contributed by atoms with van der Waals surface area (Å²) in [6.07, 6.45) is 7.60. The summed E-state index contributed by atoms with van der Waals surface area (Å²) >= 11 is 0. The van der Waals surface area contributed by atoms with Crippen LogP contribution in [-0.2, 0) is 7.05 Å². The van der Waals surface area contributed by atoms with Crippen LogP contribution in [0, 0.1) is 5.41 Å². The topological polar surface area (TPSA) is 46.9 Å². The lowest BCUT2D eigenvalue weighted by atomic mass is 9.81. The molecule has 1 unspecified atom stereocenters. The first kappa shape index (κ1) is 10.6. The van der Waals surface area contributed by atoms with Gasteiger partial charge in [0, 0.05) is 24.7 Å². The largest absolute Gasteiger partial charge is 0.347 e. The first-order chi connectivity index (χ1) is 8.68. The van der Waals surface area contributed by atoms with Gasteiger partial charge in [0.05, 0.1) is 0 Å². The number of aromatic nitrogens is 2. The lowest BCUT2D eigenvalue weighted by Gasteiger charge is -2.26. The van der Waals surface area contributed by atoms with Crippen LogP contribution in [0.2, 0.25) is 0 Å². The molecule has 4 nitrogen and oxygen atoms in total. The summed E-state index contributed by atoms with van der Waals surface area (Å²) in [5.74, 6) is 0.661. The number of nitrogens with one attached hydrogen (secondary N) is 1. The average Bonchev–Trinajstić information content (AvgIpc) is 3.17. The molecule has 3 aliphatic carbocycles. The molecule has 96 valence electrons. The molecular formula is C14H19N3O. The van der Waals surface area contributed by atoms with E-state index in [9.17, 15) is 4.79 Å². The summed E-state index contributed by atoms with van der Waals surface area (Å²) in [6, 6.07) is 2.40. The van der Waals surface area contributed by atoms with Crippen LogP contribution < -0.4 is 5.32 Å². The Morgan fingerprint density at radius 1 is 1.50 bits per heavy atom. The highest BCUT2D eigenvalue weighted by Gasteiger charge is 2.58. The molecule has 1 spiro atoms. The van der Waals surface area contributed by atoms with Gasteiger partial charge in [0.1, 0.15) is 5.69 Å². The Hall–Kier alpha value is -1.32. The second-order valence-corrected chi connectivity index (χ2v) is 6.30. The van der Waals surface area contributed by atoms with E-state index in [0.717, 1.165) is 0 Å². The standard InChI is InChI=1S/C14H19N3O/c1-17-11(9-3-4-9)7-10(16-17)13(18)15-12-8-14(12)5-2-6-14/h7,9,12H,2-6,8H2,1H3,(H,15,18). The quantitative estimate of drug-likeness (QED) is 0.885. The minimum atomic E-state index is 0.0197. The number of rotatable bonds is 3. The molecule has 1 heterocycles. The van der Waals surface area contributed by atoms with Gasteiger partial charge in [0.2, 0.25) is 0 Å². The Morgan fingerprint density at radius 3 is 2.83 bits per heavy atom. The molecule has 3 saturated carbocycles. The van der Waals surface area contributed by atoms with Crippen molar-refractivity contribution in [2.24, 2.45) is 12.5 Å². The maximum Gasteiger partial charge on any atom is 0.272 e. The third-order valence-corrected chi connectivity index (χ3v) is 4.99. The van der Waals surface area contributed by atoms with E-state index in [-0.39, 0.29) is 5.91 Å². The molecule has 4 rings (SSSR count). The summed E-state index contributed by atoms with van der Waals surface area (Å²) < 4.78 is 1.87. The van der Waals surface area contributed by atoms with Crippen molar-refractivity contribution >= 4 is 5.91 Å². The van der Waals surface area contributed by atoms with E-state index in [1.54, 1.807) is 0 Å². The molecule has 1 amide bonds. The molecule has 0 saturated heterocycles. The van der Waals surface area contributed by atoms with Gasteiger partial charge >= 0.3 is 0 Å². The van der Waals surface area contributed by atoms with Gasteiger partial charge in [0.15, 0.2) is 0 Å². The SMILES string of the molecule is Cn1nc(C(=O)NC2CC23CCC3)cc1C1CC1. The van der Waals surface area contributed by atoms with Gasteiger partial charge in [-0.05, 0) is 43.6 Å². The average molecular weight is 245 g/mol. The minimum Gasteiger partial charge on any atom is -0.347 e. The summed E-state index contributed by atoms with van der Waals surface area (Å²) in [5, 5.41) is 7.50. The molecule has 0 bridgehead atoms. The highest BCUT2D eigenvalue weighted by atomic mass is 16.2. The maximum atomic E-state index is 12.1. The van der Waals surface area contributed by atoms with Gasteiger partial charge in [-0.3, -0.25) is 9.48 Å². The van der Waals surface area contributed by atoms with Crippen molar-refractivity contribution in [3.63, 3.8) is 0 Å². The molecule has 4 heteroatoms. The van der Waals surface area contributed by atoms with Crippen LogP contribution in [0.3, 0.4) is 0 Å². The van der Waals surface area contributed by atoms with Crippen molar-refractivity contribution in [1.29, 1.82) is 0 Å². The third-order valence-electron chi connectivity index (χ3n) is 4.99. The Morgan fingerprint density at radius 2 is 2.28 bits per heavy atom. The van der Waals surface area contributed by atoms with Gasteiger partial charge in [-0.25, -0.2) is 0 Å². The van der Waals surface area contributed by atoms with Gasteiger partial charge in [-0.15, -0.1) is 0 Å². The maximum absolute atomic E-state index is 12.1. The van der Waals surface area contributed by atoms with Crippen molar-refractivity contribution in [3.8, 4) is 0 Å². The van der Waals surface area contributed by atoms with Crippen molar-refractivity contribution in [2.75, 3.05) is 0 Å². The monoisotopic (exact) mass is 245 g/mol. The Bertz CT molecular complexity index is 511. The van der Waals surface area contributed by atoms with E-state index in [1.807, 2.05) is 17.8 Å². The van der Waals surface area contributed by atoms with Crippen LogP contribution in [-0.4, -0.2) is 21.7 Å². The van der Waals surface area contributed by atoms with E-state index < -0.39 is 0 Å². The molecule has 0 aromatic carbocycles. The lowest BCUT2D eigenvalue weighted by Crippen LogP contribution is -2.32. The minimum absolute atomic E-state index is 0.0197. The summed E-state index contributed by atoms with van der Waals surface area (Å²) in [7, 11) is 1.94. The fourth-order valence-corrected chi connectivity index (χ4v) is 3.32. The zero-order chi connectivity index (χ0) is 12.3. The van der Waals surface area contributed by atoms with Crippen LogP contribution in [0.1, 0.15) is 60.6 Å². The number of nitrogens with zero attached hydrogens (tertiary/aromatic N) is 2. The van der Waals surface area contributed by atoms with Gasteiger partial charge in [-0.1, -0.05) is 6.42 Å². The number of carbonyl (C=O) groups excluding carboxylic acids is 1.